The fraction of sp³-hybridized carbons (Fsp3) is 0.500. The minimum atomic E-state index is -5.08. The maximum atomic E-state index is 10.6. The second-order valence-electron chi connectivity index (χ2n) is 1.25. The van der Waals surface area contributed by atoms with Gasteiger partial charge in [0.05, 0.1) is 0 Å². The van der Waals surface area contributed by atoms with Crippen LogP contribution in [-0.2, 0) is 32.3 Å². The van der Waals surface area contributed by atoms with Crippen LogP contribution in [0.5, 0.6) is 0 Å². The van der Waals surface area contributed by atoms with Crippen LogP contribution in [0, 0.1) is 0 Å². The van der Waals surface area contributed by atoms with E-state index < -0.39 is 22.5 Å². The van der Waals surface area contributed by atoms with E-state index in [4.69, 9.17) is 27.4 Å². The van der Waals surface area contributed by atoms with Crippen LogP contribution in [0.2, 0.25) is 0 Å². The molecule has 0 aliphatic heterocycles. The monoisotopic (exact) mass is 275 g/mol. The third-order valence-corrected chi connectivity index (χ3v) is 0.243. The van der Waals surface area contributed by atoms with Gasteiger partial charge in [-0.2, -0.15) is 21.6 Å². The van der Waals surface area contributed by atoms with Crippen LogP contribution < -0.4 is 0 Å². The van der Waals surface area contributed by atoms with Crippen LogP contribution >= 0.6 is 0 Å². The Hall–Kier alpha value is -0.351. The molecule has 0 rings (SSSR count). The van der Waals surface area contributed by atoms with Crippen LogP contribution in [0.1, 0.15) is 0 Å². The van der Waals surface area contributed by atoms with Crippen molar-refractivity contribution in [3.63, 3.8) is 0 Å². The Morgan fingerprint density at radius 1 is 1.15 bits per heavy atom. The Morgan fingerprint density at radius 2 is 1.23 bits per heavy atom. The van der Waals surface area contributed by atoms with Gasteiger partial charge in [-0.1, -0.05) is 0 Å². The predicted molar refractivity (Wildman–Crippen MR) is 27.9 cm³/mol. The van der Waals surface area contributed by atoms with Gasteiger partial charge in [-0.05, 0) is 0 Å². The van der Waals surface area contributed by atoms with Gasteiger partial charge in [0, 0.05) is 17.1 Å². The minimum Gasteiger partial charge on any atom is -0.475 e. The zero-order valence-corrected chi connectivity index (χ0v) is 7.17. The molecule has 11 heteroatoms. The van der Waals surface area contributed by atoms with Crippen LogP contribution in [0.3, 0.4) is 0 Å². The first-order chi connectivity index (χ1) is 4.94. The SMILES string of the molecule is O=C(O)C(F)(F)F.O=S(=O)(O)O.[Cu]. The zero-order valence-electron chi connectivity index (χ0n) is 5.41. The van der Waals surface area contributed by atoms with Gasteiger partial charge in [0.15, 0.2) is 0 Å². The third-order valence-electron chi connectivity index (χ3n) is 0.243. The van der Waals surface area contributed by atoms with E-state index in [0.29, 0.717) is 0 Å². The van der Waals surface area contributed by atoms with Crippen LogP contribution in [-0.4, -0.2) is 34.8 Å². The molecular weight excluding hydrogens is 273 g/mol. The van der Waals surface area contributed by atoms with Gasteiger partial charge < -0.3 is 5.11 Å². The number of hydrogen-bond acceptors (Lipinski definition) is 3. The summed E-state index contributed by atoms with van der Waals surface area (Å²) in [6.07, 6.45) is -5.08. The molecule has 0 atom stereocenters. The summed E-state index contributed by atoms with van der Waals surface area (Å²) in [5.41, 5.74) is 0. The van der Waals surface area contributed by atoms with E-state index in [1.54, 1.807) is 0 Å². The molecular formula is C2H3CuF3O6S. The number of carbonyl (C=O) groups is 1. The number of rotatable bonds is 0. The second-order valence-corrected chi connectivity index (χ2v) is 2.15. The first kappa shape index (κ1) is 18.4. The Bertz CT molecular complexity index is 235. The van der Waals surface area contributed by atoms with Gasteiger partial charge in [0.25, 0.3) is 0 Å². The molecule has 0 saturated heterocycles. The summed E-state index contributed by atoms with van der Waals surface area (Å²) in [7, 11) is -4.67. The molecule has 0 aliphatic rings. The molecule has 0 amide bonds. The molecule has 0 aromatic carbocycles. The van der Waals surface area contributed by atoms with Crippen molar-refractivity contribution in [2.45, 2.75) is 6.18 Å². The molecule has 0 spiro atoms. The molecule has 13 heavy (non-hydrogen) atoms. The maximum Gasteiger partial charge on any atom is 0.490 e. The van der Waals surface area contributed by atoms with Crippen LogP contribution in [0.4, 0.5) is 13.2 Å². The minimum absolute atomic E-state index is 0. The molecule has 0 aromatic rings. The van der Waals surface area contributed by atoms with E-state index >= 15 is 0 Å². The largest absolute Gasteiger partial charge is 0.490 e. The first-order valence-electron chi connectivity index (χ1n) is 1.94. The van der Waals surface area contributed by atoms with Crippen molar-refractivity contribution in [2.24, 2.45) is 0 Å². The van der Waals surface area contributed by atoms with Crippen molar-refractivity contribution >= 4 is 16.4 Å². The number of carboxylic acids is 1. The van der Waals surface area contributed by atoms with Crippen LogP contribution in [0.25, 0.3) is 0 Å². The molecule has 0 aliphatic carbocycles. The second kappa shape index (κ2) is 6.16. The van der Waals surface area contributed by atoms with Gasteiger partial charge in [-0.15, -0.1) is 0 Å². The summed E-state index contributed by atoms with van der Waals surface area (Å²) in [5, 5.41) is 7.12. The Kier molecular flexibility index (Phi) is 8.73. The number of halogens is 3. The van der Waals surface area contributed by atoms with Crippen molar-refractivity contribution in [1.82, 2.24) is 0 Å². The molecule has 0 heterocycles. The van der Waals surface area contributed by atoms with E-state index in [1.165, 1.54) is 0 Å². The molecule has 0 fully saturated rings. The molecule has 3 N–H and O–H groups in total. The molecule has 0 bridgehead atoms. The van der Waals surface area contributed by atoms with Crippen molar-refractivity contribution in [2.75, 3.05) is 0 Å². The van der Waals surface area contributed by atoms with Gasteiger partial charge in [0.2, 0.25) is 0 Å². The zero-order chi connectivity index (χ0) is 10.6. The quantitative estimate of drug-likeness (QED) is 0.423. The fourth-order valence-electron chi connectivity index (χ4n) is 0. The topological polar surface area (TPSA) is 112 Å². The van der Waals surface area contributed by atoms with E-state index in [-0.39, 0.29) is 17.1 Å². The molecule has 0 aromatic heterocycles. The standard InChI is InChI=1S/C2HF3O2.Cu.H2O4S/c3-2(4,5)1(6)7;;1-5(2,3)4/h(H,6,7);;(H2,1,2,3,4). The van der Waals surface area contributed by atoms with E-state index in [1.807, 2.05) is 0 Å². The number of carboxylic acid groups (broad SMARTS) is 1. The van der Waals surface area contributed by atoms with E-state index in [0.717, 1.165) is 0 Å². The molecule has 6 nitrogen and oxygen atoms in total. The van der Waals surface area contributed by atoms with Gasteiger partial charge in [-0.3, -0.25) is 9.11 Å². The van der Waals surface area contributed by atoms with Crippen molar-refractivity contribution in [3.05, 3.63) is 0 Å². The summed E-state index contributed by atoms with van der Waals surface area (Å²) in [6.45, 7) is 0. The summed E-state index contributed by atoms with van der Waals surface area (Å²) in [5.74, 6) is -2.76. The predicted octanol–water partition coefficient (Wildman–Crippen LogP) is -0.0220. The Morgan fingerprint density at radius 3 is 1.23 bits per heavy atom. The summed E-state index contributed by atoms with van der Waals surface area (Å²) in [4.78, 5) is 8.90. The number of aliphatic carboxylic acids is 1. The molecule has 0 unspecified atom stereocenters. The summed E-state index contributed by atoms with van der Waals surface area (Å²) >= 11 is 0. The smallest absolute Gasteiger partial charge is 0.475 e. The molecule has 85 valence electrons. The average Bonchev–Trinajstić information content (AvgIpc) is 1.55. The van der Waals surface area contributed by atoms with Gasteiger partial charge in [0.1, 0.15) is 0 Å². The summed E-state index contributed by atoms with van der Waals surface area (Å²) < 4.78 is 63.3. The van der Waals surface area contributed by atoms with Gasteiger partial charge >= 0.3 is 22.5 Å². The number of hydrogen-bond donors (Lipinski definition) is 3. The van der Waals surface area contributed by atoms with Crippen molar-refractivity contribution in [1.29, 1.82) is 0 Å². The van der Waals surface area contributed by atoms with Crippen molar-refractivity contribution in [3.8, 4) is 0 Å². The Labute approximate surface area is 80.8 Å². The van der Waals surface area contributed by atoms with E-state index in [2.05, 4.69) is 0 Å². The summed E-state index contributed by atoms with van der Waals surface area (Å²) in [6, 6.07) is 0. The Balaban J connectivity index is -0.000000150. The van der Waals surface area contributed by atoms with Crippen LogP contribution in [0.15, 0.2) is 0 Å². The van der Waals surface area contributed by atoms with E-state index in [9.17, 15) is 13.2 Å². The third kappa shape index (κ3) is 34.0. The normalized spacial score (nSPS) is 10.5. The molecule has 0 saturated carbocycles. The average molecular weight is 276 g/mol. The molecule has 1 radical (unpaired) electrons. The fourth-order valence-corrected chi connectivity index (χ4v) is 0. The maximum absolute atomic E-state index is 10.6. The van der Waals surface area contributed by atoms with Crippen molar-refractivity contribution < 1.29 is 57.7 Å². The van der Waals surface area contributed by atoms with Gasteiger partial charge in [-0.25, -0.2) is 4.79 Å². The first-order valence-corrected chi connectivity index (χ1v) is 3.34. The number of alkyl halides is 3.